The average Bonchev–Trinajstić information content (AvgIpc) is 3.64. The van der Waals surface area contributed by atoms with Gasteiger partial charge in [0.2, 0.25) is 0 Å². The third-order valence-electron chi connectivity index (χ3n) is 6.97. The van der Waals surface area contributed by atoms with Crippen molar-refractivity contribution in [1.82, 2.24) is 9.55 Å². The number of carbonyl (C=O) groups excluding carboxylic acids is 2. The molecule has 1 saturated carbocycles. The van der Waals surface area contributed by atoms with Crippen molar-refractivity contribution in [3.63, 3.8) is 0 Å². The van der Waals surface area contributed by atoms with E-state index in [4.69, 9.17) is 0 Å². The van der Waals surface area contributed by atoms with Gasteiger partial charge in [-0.3, -0.25) is 4.79 Å². The smallest absolute Gasteiger partial charge is 0.194 e. The minimum absolute atomic E-state index is 0.0884. The average molecular weight is 435 g/mol. The van der Waals surface area contributed by atoms with Crippen molar-refractivity contribution >= 4 is 12.1 Å². The number of benzene rings is 3. The summed E-state index contributed by atoms with van der Waals surface area (Å²) in [5.41, 5.74) is 1.58. The molecule has 0 bridgehead atoms. The van der Waals surface area contributed by atoms with Gasteiger partial charge in [-0.05, 0) is 42.4 Å². The molecule has 3 aromatic carbocycles. The fourth-order valence-corrected chi connectivity index (χ4v) is 4.98. The first-order valence-electron chi connectivity index (χ1n) is 11.3. The highest BCUT2D eigenvalue weighted by atomic mass is 16.1. The van der Waals surface area contributed by atoms with Crippen LogP contribution in [-0.4, -0.2) is 21.6 Å². The monoisotopic (exact) mass is 434 g/mol. The molecule has 5 rings (SSSR count). The maximum absolute atomic E-state index is 13.9. The Balaban J connectivity index is 1.84. The maximum Gasteiger partial charge on any atom is 0.194 e. The van der Waals surface area contributed by atoms with Crippen LogP contribution in [0.25, 0.3) is 0 Å². The lowest BCUT2D eigenvalue weighted by Gasteiger charge is -2.39. The molecule has 0 aliphatic heterocycles. The fraction of sp³-hybridized carbons (Fsp3) is 0.207. The third-order valence-corrected chi connectivity index (χ3v) is 6.97. The third kappa shape index (κ3) is 3.34. The van der Waals surface area contributed by atoms with E-state index in [1.165, 1.54) is 0 Å². The Morgan fingerprint density at radius 2 is 1.30 bits per heavy atom. The summed E-state index contributed by atoms with van der Waals surface area (Å²) < 4.78 is 1.96. The summed E-state index contributed by atoms with van der Waals surface area (Å²) in [6, 6.07) is 30.5. The van der Waals surface area contributed by atoms with Gasteiger partial charge in [-0.15, -0.1) is 0 Å². The molecule has 1 aliphatic rings. The lowest BCUT2D eigenvalue weighted by molar-refractivity contribution is -0.114. The van der Waals surface area contributed by atoms with Crippen LogP contribution >= 0.6 is 0 Å². The van der Waals surface area contributed by atoms with Gasteiger partial charge in [-0.2, -0.15) is 0 Å². The van der Waals surface area contributed by atoms with E-state index in [2.05, 4.69) is 41.4 Å². The minimum atomic E-state index is -1.05. The van der Waals surface area contributed by atoms with Gasteiger partial charge < -0.3 is 9.36 Å². The lowest BCUT2D eigenvalue weighted by Crippen LogP contribution is -2.41. The molecule has 4 heteroatoms. The van der Waals surface area contributed by atoms with E-state index in [0.717, 1.165) is 35.8 Å². The molecule has 0 unspecified atom stereocenters. The fourth-order valence-electron chi connectivity index (χ4n) is 4.98. The van der Waals surface area contributed by atoms with E-state index in [9.17, 15) is 9.59 Å². The Labute approximate surface area is 193 Å². The van der Waals surface area contributed by atoms with Crippen LogP contribution in [0.15, 0.2) is 104 Å². The van der Waals surface area contributed by atoms with Gasteiger partial charge in [-0.25, -0.2) is 4.98 Å². The zero-order valence-corrected chi connectivity index (χ0v) is 18.6. The van der Waals surface area contributed by atoms with Crippen molar-refractivity contribution in [3.8, 4) is 0 Å². The van der Waals surface area contributed by atoms with Gasteiger partial charge in [0.1, 0.15) is 17.5 Å². The van der Waals surface area contributed by atoms with Gasteiger partial charge in [0.05, 0.1) is 17.9 Å². The molecule has 1 fully saturated rings. The molecule has 0 spiro atoms. The van der Waals surface area contributed by atoms with Crippen LogP contribution in [0.3, 0.4) is 0 Å². The molecule has 0 radical (unpaired) electrons. The normalized spacial score (nSPS) is 15.5. The molecule has 164 valence electrons. The summed E-state index contributed by atoms with van der Waals surface area (Å²) in [6.45, 7) is 1.77. The molecule has 1 aliphatic carbocycles. The first kappa shape index (κ1) is 21.1. The van der Waals surface area contributed by atoms with Crippen LogP contribution in [-0.2, 0) is 10.3 Å². The van der Waals surface area contributed by atoms with E-state index in [1.54, 1.807) is 19.4 Å². The molecule has 1 aromatic heterocycles. The van der Waals surface area contributed by atoms with Crippen molar-refractivity contribution < 1.29 is 9.59 Å². The van der Waals surface area contributed by atoms with Crippen molar-refractivity contribution in [2.75, 3.05) is 0 Å². The number of rotatable bonds is 8. The first-order valence-corrected chi connectivity index (χ1v) is 11.3. The van der Waals surface area contributed by atoms with Crippen LogP contribution in [0, 0.1) is 11.3 Å². The number of hydrogen-bond acceptors (Lipinski definition) is 3. The largest absolute Gasteiger partial charge is 0.309 e. The standard InChI is InChI=1S/C29H26N2O2/c1-28(20-32,22-17-18-22)27(33)26-19-30-21-31(26)29(23-11-5-2-6-12-23,24-13-7-3-8-14-24)25-15-9-4-10-16-25/h2-16,19-22H,17-18H2,1H3/t28-/m1/s1. The topological polar surface area (TPSA) is 52.0 Å². The van der Waals surface area contributed by atoms with Gasteiger partial charge in [-0.1, -0.05) is 91.0 Å². The van der Waals surface area contributed by atoms with E-state index in [-0.39, 0.29) is 11.7 Å². The number of hydrogen-bond donors (Lipinski definition) is 0. The Bertz CT molecular complexity index is 1160. The molecule has 0 saturated heterocycles. The molecule has 0 amide bonds. The molecular formula is C29H26N2O2. The van der Waals surface area contributed by atoms with Gasteiger partial charge >= 0.3 is 0 Å². The van der Waals surface area contributed by atoms with E-state index < -0.39 is 11.0 Å². The number of carbonyl (C=O) groups is 2. The molecule has 4 nitrogen and oxygen atoms in total. The van der Waals surface area contributed by atoms with E-state index >= 15 is 0 Å². The van der Waals surface area contributed by atoms with Gasteiger partial charge in [0.15, 0.2) is 5.78 Å². The van der Waals surface area contributed by atoms with Crippen molar-refractivity contribution in [3.05, 3.63) is 126 Å². The Morgan fingerprint density at radius 1 is 0.848 bits per heavy atom. The Morgan fingerprint density at radius 3 is 1.70 bits per heavy atom. The predicted octanol–water partition coefficient (Wildman–Crippen LogP) is 5.52. The number of nitrogens with zero attached hydrogens (tertiary/aromatic N) is 2. The summed E-state index contributed by atoms with van der Waals surface area (Å²) >= 11 is 0. The summed E-state index contributed by atoms with van der Waals surface area (Å²) in [4.78, 5) is 30.5. The van der Waals surface area contributed by atoms with Crippen LogP contribution in [0.4, 0.5) is 0 Å². The first-order chi connectivity index (χ1) is 16.1. The molecule has 1 atom stereocenters. The van der Waals surface area contributed by atoms with Crippen LogP contribution in [0.5, 0.6) is 0 Å². The highest BCUT2D eigenvalue weighted by Crippen LogP contribution is 2.47. The van der Waals surface area contributed by atoms with Crippen molar-refractivity contribution in [2.45, 2.75) is 25.3 Å². The second kappa shape index (κ2) is 8.28. The predicted molar refractivity (Wildman–Crippen MR) is 128 cm³/mol. The van der Waals surface area contributed by atoms with Crippen LogP contribution in [0.1, 0.15) is 46.9 Å². The Hall–Kier alpha value is -3.79. The summed E-state index contributed by atoms with van der Waals surface area (Å²) in [6.07, 6.45) is 5.96. The Kier molecular flexibility index (Phi) is 5.29. The summed E-state index contributed by atoms with van der Waals surface area (Å²) in [5, 5.41) is 0. The zero-order chi connectivity index (χ0) is 22.9. The van der Waals surface area contributed by atoms with Crippen molar-refractivity contribution in [2.24, 2.45) is 11.3 Å². The second-order valence-corrected chi connectivity index (χ2v) is 8.96. The molecular weight excluding hydrogens is 408 g/mol. The molecule has 0 N–H and O–H groups in total. The minimum Gasteiger partial charge on any atom is -0.309 e. The number of ketones is 1. The number of aldehydes is 1. The molecule has 33 heavy (non-hydrogen) atoms. The number of Topliss-reactive ketones (excluding diaryl/α,β-unsaturated/α-hetero) is 1. The zero-order valence-electron chi connectivity index (χ0n) is 18.6. The van der Waals surface area contributed by atoms with E-state index in [0.29, 0.717) is 5.69 Å². The maximum atomic E-state index is 13.9. The van der Waals surface area contributed by atoms with E-state index in [1.807, 2.05) is 59.2 Å². The lowest BCUT2D eigenvalue weighted by atomic mass is 9.75. The highest BCUT2D eigenvalue weighted by Gasteiger charge is 2.50. The van der Waals surface area contributed by atoms with Crippen LogP contribution in [0.2, 0.25) is 0 Å². The van der Waals surface area contributed by atoms with Crippen LogP contribution < -0.4 is 0 Å². The molecule has 1 heterocycles. The van der Waals surface area contributed by atoms with Crippen molar-refractivity contribution in [1.29, 1.82) is 0 Å². The van der Waals surface area contributed by atoms with Gasteiger partial charge in [0.25, 0.3) is 0 Å². The second-order valence-electron chi connectivity index (χ2n) is 8.96. The SMILES string of the molecule is C[C@](C=O)(C(=O)c1cncn1C(c1ccccc1)(c1ccccc1)c1ccccc1)C1CC1. The summed E-state index contributed by atoms with van der Waals surface area (Å²) in [5.74, 6) is -0.0879. The van der Waals surface area contributed by atoms with Gasteiger partial charge in [0, 0.05) is 0 Å². The highest BCUT2D eigenvalue weighted by molar-refractivity contribution is 6.08. The quantitative estimate of drug-likeness (QED) is 0.159. The number of aromatic nitrogens is 2. The number of imidazole rings is 1. The molecule has 4 aromatic rings. The summed E-state index contributed by atoms with van der Waals surface area (Å²) in [7, 11) is 0.